The monoisotopic (exact) mass is 260 g/mol. The van der Waals surface area contributed by atoms with Gasteiger partial charge >= 0.3 is 6.03 Å². The van der Waals surface area contributed by atoms with Gasteiger partial charge < -0.3 is 5.32 Å². The Kier molecular flexibility index (Phi) is 3.38. The van der Waals surface area contributed by atoms with Crippen LogP contribution < -0.4 is 10.6 Å². The number of carbonyl (C=O) groups is 1. The van der Waals surface area contributed by atoms with Crippen molar-refractivity contribution in [2.24, 2.45) is 0 Å². The smallest absolute Gasteiger partial charge is 0.320 e. The van der Waals surface area contributed by atoms with E-state index in [2.05, 4.69) is 20.5 Å². The highest BCUT2D eigenvalue weighted by molar-refractivity contribution is 5.89. The summed E-state index contributed by atoms with van der Waals surface area (Å²) < 4.78 is 0. The lowest BCUT2D eigenvalue weighted by atomic mass is 10.2. The number of likely N-dealkylation sites (tertiary alicyclic amines) is 1. The molecule has 1 aromatic heterocycles. The highest BCUT2D eigenvalue weighted by Gasteiger charge is 2.34. The third-order valence-electron chi connectivity index (χ3n) is 3.86. The van der Waals surface area contributed by atoms with Gasteiger partial charge in [0.1, 0.15) is 5.82 Å². The van der Waals surface area contributed by atoms with Gasteiger partial charge in [0.25, 0.3) is 0 Å². The van der Waals surface area contributed by atoms with Crippen molar-refractivity contribution in [2.45, 2.75) is 38.3 Å². The van der Waals surface area contributed by atoms with Crippen LogP contribution in [0.5, 0.6) is 0 Å². The van der Waals surface area contributed by atoms with Gasteiger partial charge in [0, 0.05) is 31.4 Å². The van der Waals surface area contributed by atoms with E-state index in [-0.39, 0.29) is 12.1 Å². The van der Waals surface area contributed by atoms with E-state index in [1.165, 1.54) is 12.8 Å². The quantitative estimate of drug-likeness (QED) is 0.870. The van der Waals surface area contributed by atoms with Gasteiger partial charge in [0.2, 0.25) is 0 Å². The van der Waals surface area contributed by atoms with Crippen LogP contribution in [0.2, 0.25) is 0 Å². The SMILES string of the molecule is Cc1cccnc1NC(=O)NC1CCN(C2CC2)C1. The molecule has 2 fully saturated rings. The fraction of sp³-hybridized carbons (Fsp3) is 0.571. The van der Waals surface area contributed by atoms with Crippen LogP contribution in [0.15, 0.2) is 18.3 Å². The number of aryl methyl sites for hydroxylation is 1. The van der Waals surface area contributed by atoms with Crippen LogP contribution >= 0.6 is 0 Å². The standard InChI is InChI=1S/C14H20N4O/c1-10-3-2-7-15-13(10)17-14(19)16-11-6-8-18(9-11)12-4-5-12/h2-3,7,11-12H,4-6,8-9H2,1H3,(H2,15,16,17,19). The molecule has 0 radical (unpaired) electrons. The lowest BCUT2D eigenvalue weighted by molar-refractivity contribution is 0.247. The minimum absolute atomic E-state index is 0.149. The number of hydrogen-bond donors (Lipinski definition) is 2. The van der Waals surface area contributed by atoms with E-state index in [1.54, 1.807) is 6.20 Å². The number of anilines is 1. The van der Waals surface area contributed by atoms with Crippen molar-refractivity contribution in [3.63, 3.8) is 0 Å². The molecule has 102 valence electrons. The summed E-state index contributed by atoms with van der Waals surface area (Å²) in [7, 11) is 0. The number of nitrogens with one attached hydrogen (secondary N) is 2. The number of carbonyl (C=O) groups excluding carboxylic acids is 1. The molecule has 1 saturated carbocycles. The average molecular weight is 260 g/mol. The number of urea groups is 1. The minimum atomic E-state index is -0.149. The Balaban J connectivity index is 1.50. The maximum absolute atomic E-state index is 11.9. The Hall–Kier alpha value is -1.62. The number of hydrogen-bond acceptors (Lipinski definition) is 3. The average Bonchev–Trinajstić information content (AvgIpc) is 3.14. The molecule has 5 heteroatoms. The molecule has 1 saturated heterocycles. The normalized spacial score (nSPS) is 23.3. The van der Waals surface area contributed by atoms with Crippen molar-refractivity contribution in [3.05, 3.63) is 23.9 Å². The number of rotatable bonds is 3. The first-order chi connectivity index (χ1) is 9.22. The summed E-state index contributed by atoms with van der Waals surface area (Å²) in [5.41, 5.74) is 0.976. The van der Waals surface area contributed by atoms with Gasteiger partial charge in [-0.25, -0.2) is 9.78 Å². The Morgan fingerprint density at radius 1 is 1.42 bits per heavy atom. The molecule has 2 aliphatic rings. The Morgan fingerprint density at radius 2 is 2.26 bits per heavy atom. The second-order valence-electron chi connectivity index (χ2n) is 5.48. The van der Waals surface area contributed by atoms with Crippen LogP contribution in [0, 0.1) is 6.92 Å². The topological polar surface area (TPSA) is 57.3 Å². The van der Waals surface area contributed by atoms with E-state index >= 15 is 0 Å². The van der Waals surface area contributed by atoms with E-state index in [0.717, 1.165) is 31.1 Å². The summed E-state index contributed by atoms with van der Waals surface area (Å²) in [5.74, 6) is 0.636. The summed E-state index contributed by atoms with van der Waals surface area (Å²) >= 11 is 0. The molecule has 0 aromatic carbocycles. The number of pyridine rings is 1. The van der Waals surface area contributed by atoms with Crippen LogP contribution in [0.1, 0.15) is 24.8 Å². The van der Waals surface area contributed by atoms with Crippen LogP contribution in [-0.2, 0) is 0 Å². The van der Waals surface area contributed by atoms with Gasteiger partial charge in [-0.3, -0.25) is 10.2 Å². The largest absolute Gasteiger partial charge is 0.334 e. The van der Waals surface area contributed by atoms with Gasteiger partial charge in [-0.2, -0.15) is 0 Å². The summed E-state index contributed by atoms with van der Waals surface area (Å²) in [5, 5.41) is 5.85. The molecule has 19 heavy (non-hydrogen) atoms. The molecule has 1 aromatic rings. The molecule has 1 atom stereocenters. The van der Waals surface area contributed by atoms with E-state index < -0.39 is 0 Å². The minimum Gasteiger partial charge on any atom is -0.334 e. The zero-order chi connectivity index (χ0) is 13.2. The van der Waals surface area contributed by atoms with Crippen LogP contribution in [0.4, 0.5) is 10.6 Å². The molecule has 1 aliphatic carbocycles. The van der Waals surface area contributed by atoms with Crippen molar-refractivity contribution >= 4 is 11.8 Å². The fourth-order valence-electron chi connectivity index (χ4n) is 2.62. The molecule has 5 nitrogen and oxygen atoms in total. The molecule has 1 aliphatic heterocycles. The lowest BCUT2D eigenvalue weighted by Crippen LogP contribution is -2.40. The lowest BCUT2D eigenvalue weighted by Gasteiger charge is -2.16. The molecule has 2 heterocycles. The second-order valence-corrected chi connectivity index (χ2v) is 5.48. The zero-order valence-corrected chi connectivity index (χ0v) is 11.2. The van der Waals surface area contributed by atoms with Crippen molar-refractivity contribution in [1.82, 2.24) is 15.2 Å². The molecule has 0 bridgehead atoms. The van der Waals surface area contributed by atoms with Crippen LogP contribution in [0.25, 0.3) is 0 Å². The maximum atomic E-state index is 11.9. The van der Waals surface area contributed by atoms with Crippen LogP contribution in [-0.4, -0.2) is 41.1 Å². The predicted molar refractivity (Wildman–Crippen MR) is 74.1 cm³/mol. The van der Waals surface area contributed by atoms with Gasteiger partial charge in [-0.15, -0.1) is 0 Å². The molecular formula is C14H20N4O. The van der Waals surface area contributed by atoms with E-state index in [4.69, 9.17) is 0 Å². The fourth-order valence-corrected chi connectivity index (χ4v) is 2.62. The predicted octanol–water partition coefficient (Wildman–Crippen LogP) is 1.75. The summed E-state index contributed by atoms with van der Waals surface area (Å²) in [6.45, 7) is 4.03. The third kappa shape index (κ3) is 3.04. The summed E-state index contributed by atoms with van der Waals surface area (Å²) in [6.07, 6.45) is 5.39. The molecular weight excluding hydrogens is 240 g/mol. The summed E-state index contributed by atoms with van der Waals surface area (Å²) in [4.78, 5) is 18.6. The van der Waals surface area contributed by atoms with E-state index in [9.17, 15) is 4.79 Å². The van der Waals surface area contributed by atoms with Crippen LogP contribution in [0.3, 0.4) is 0 Å². The Labute approximate surface area is 113 Å². The van der Waals surface area contributed by atoms with Crippen molar-refractivity contribution in [3.8, 4) is 0 Å². The molecule has 3 rings (SSSR count). The summed E-state index contributed by atoms with van der Waals surface area (Å²) in [6, 6.07) is 4.71. The molecule has 2 N–H and O–H groups in total. The number of amides is 2. The van der Waals surface area contributed by atoms with Crippen molar-refractivity contribution < 1.29 is 4.79 Å². The van der Waals surface area contributed by atoms with Gasteiger partial charge in [-0.05, 0) is 37.8 Å². The van der Waals surface area contributed by atoms with E-state index in [1.807, 2.05) is 19.1 Å². The Bertz CT molecular complexity index is 472. The number of nitrogens with zero attached hydrogens (tertiary/aromatic N) is 2. The van der Waals surface area contributed by atoms with E-state index in [0.29, 0.717) is 5.82 Å². The molecule has 0 spiro atoms. The first-order valence-corrected chi connectivity index (χ1v) is 6.95. The van der Waals surface area contributed by atoms with Gasteiger partial charge in [0.05, 0.1) is 0 Å². The Morgan fingerprint density at radius 3 is 3.00 bits per heavy atom. The molecule has 2 amide bonds. The first-order valence-electron chi connectivity index (χ1n) is 6.95. The third-order valence-corrected chi connectivity index (χ3v) is 3.86. The highest BCUT2D eigenvalue weighted by atomic mass is 16.2. The zero-order valence-electron chi connectivity index (χ0n) is 11.2. The maximum Gasteiger partial charge on any atom is 0.320 e. The highest BCUT2D eigenvalue weighted by Crippen LogP contribution is 2.29. The first kappa shape index (κ1) is 12.4. The number of aromatic nitrogens is 1. The van der Waals surface area contributed by atoms with Gasteiger partial charge in [0.15, 0.2) is 0 Å². The second kappa shape index (κ2) is 5.17. The van der Waals surface area contributed by atoms with Crippen molar-refractivity contribution in [1.29, 1.82) is 0 Å². The van der Waals surface area contributed by atoms with Crippen molar-refractivity contribution in [2.75, 3.05) is 18.4 Å². The molecule has 1 unspecified atom stereocenters. The van der Waals surface area contributed by atoms with Gasteiger partial charge in [-0.1, -0.05) is 6.07 Å².